The Bertz CT molecular complexity index is 782. The van der Waals surface area contributed by atoms with Crippen LogP contribution in [-0.4, -0.2) is 27.6 Å². The number of amides is 1. The van der Waals surface area contributed by atoms with Gasteiger partial charge in [-0.3, -0.25) is 10.1 Å². The zero-order chi connectivity index (χ0) is 16.1. The van der Waals surface area contributed by atoms with E-state index >= 15 is 0 Å². The van der Waals surface area contributed by atoms with Gasteiger partial charge in [0.25, 0.3) is 5.91 Å². The Balaban J connectivity index is 1.73. The first-order chi connectivity index (χ1) is 11.3. The van der Waals surface area contributed by atoms with Crippen LogP contribution in [0.3, 0.4) is 0 Å². The number of pyridine rings is 1. The summed E-state index contributed by atoms with van der Waals surface area (Å²) in [6.45, 7) is 0.636. The average molecular weight is 308 g/mol. The van der Waals surface area contributed by atoms with Gasteiger partial charge in [-0.2, -0.15) is 0 Å². The van der Waals surface area contributed by atoms with Crippen LogP contribution in [0.15, 0.2) is 61.1 Å². The van der Waals surface area contributed by atoms with E-state index in [4.69, 9.17) is 4.74 Å². The van der Waals surface area contributed by atoms with Crippen molar-refractivity contribution in [1.82, 2.24) is 14.5 Å². The van der Waals surface area contributed by atoms with Crippen LogP contribution in [0.5, 0.6) is 5.88 Å². The van der Waals surface area contributed by atoms with Gasteiger partial charge in [0.1, 0.15) is 0 Å². The van der Waals surface area contributed by atoms with E-state index in [2.05, 4.69) is 15.3 Å². The highest BCUT2D eigenvalue weighted by Crippen LogP contribution is 2.12. The molecule has 1 amide bonds. The molecular weight excluding hydrogens is 292 g/mol. The highest BCUT2D eigenvalue weighted by atomic mass is 16.5. The minimum absolute atomic E-state index is 0.263. The summed E-state index contributed by atoms with van der Waals surface area (Å²) in [5.74, 6) is 0.697. The molecular formula is C17H16N4O2. The Morgan fingerprint density at radius 1 is 1.17 bits per heavy atom. The number of rotatable bonds is 5. The van der Waals surface area contributed by atoms with E-state index in [-0.39, 0.29) is 5.91 Å². The van der Waals surface area contributed by atoms with Crippen LogP contribution >= 0.6 is 0 Å². The molecule has 1 aromatic carbocycles. The van der Waals surface area contributed by atoms with E-state index in [1.165, 1.54) is 13.3 Å². The van der Waals surface area contributed by atoms with E-state index in [1.54, 1.807) is 18.3 Å². The molecule has 0 radical (unpaired) electrons. The summed E-state index contributed by atoms with van der Waals surface area (Å²) in [6.07, 6.45) is 4.96. The largest absolute Gasteiger partial charge is 0.481 e. The van der Waals surface area contributed by atoms with Crippen molar-refractivity contribution in [2.45, 2.75) is 6.54 Å². The third-order valence-corrected chi connectivity index (χ3v) is 3.34. The maximum absolute atomic E-state index is 12.3. The van der Waals surface area contributed by atoms with E-state index in [9.17, 15) is 4.79 Å². The van der Waals surface area contributed by atoms with Crippen molar-refractivity contribution in [1.29, 1.82) is 0 Å². The van der Waals surface area contributed by atoms with Crippen LogP contribution in [-0.2, 0) is 6.54 Å². The molecule has 6 heteroatoms. The zero-order valence-electron chi connectivity index (χ0n) is 12.6. The molecule has 0 saturated carbocycles. The number of nitrogens with zero attached hydrogens (tertiary/aromatic N) is 3. The molecule has 6 nitrogen and oxygen atoms in total. The van der Waals surface area contributed by atoms with Gasteiger partial charge in [0.2, 0.25) is 11.8 Å². The summed E-state index contributed by atoms with van der Waals surface area (Å²) < 4.78 is 6.86. The minimum atomic E-state index is -0.263. The summed E-state index contributed by atoms with van der Waals surface area (Å²) in [5, 5.41) is 2.80. The maximum atomic E-state index is 12.3. The second-order valence-electron chi connectivity index (χ2n) is 4.91. The Hall–Kier alpha value is -3.15. The molecule has 2 aromatic heterocycles. The molecule has 2 heterocycles. The summed E-state index contributed by atoms with van der Waals surface area (Å²) in [6, 6.07) is 13.3. The van der Waals surface area contributed by atoms with Crippen molar-refractivity contribution in [3.63, 3.8) is 0 Å². The van der Waals surface area contributed by atoms with Crippen LogP contribution in [0.4, 0.5) is 5.95 Å². The number of carbonyl (C=O) groups is 1. The van der Waals surface area contributed by atoms with Crippen LogP contribution in [0.2, 0.25) is 0 Å². The van der Waals surface area contributed by atoms with Gasteiger partial charge < -0.3 is 9.30 Å². The lowest BCUT2D eigenvalue weighted by molar-refractivity contribution is 0.102. The highest BCUT2D eigenvalue weighted by molar-refractivity contribution is 6.03. The molecule has 0 atom stereocenters. The summed E-state index contributed by atoms with van der Waals surface area (Å²) in [4.78, 5) is 20.5. The number of ether oxygens (including phenoxy) is 1. The molecule has 0 aliphatic carbocycles. The number of hydrogen-bond donors (Lipinski definition) is 1. The third-order valence-electron chi connectivity index (χ3n) is 3.34. The highest BCUT2D eigenvalue weighted by Gasteiger charge is 2.11. The number of imidazole rings is 1. The average Bonchev–Trinajstić information content (AvgIpc) is 3.02. The molecule has 0 unspecified atom stereocenters. The number of nitrogens with one attached hydrogen (secondary N) is 1. The first-order valence-corrected chi connectivity index (χ1v) is 7.13. The third kappa shape index (κ3) is 3.55. The minimum Gasteiger partial charge on any atom is -0.481 e. The first kappa shape index (κ1) is 14.8. The number of methoxy groups -OCH3 is 1. The molecule has 3 aromatic rings. The fourth-order valence-electron chi connectivity index (χ4n) is 2.15. The van der Waals surface area contributed by atoms with E-state index in [0.29, 0.717) is 23.9 Å². The monoisotopic (exact) mass is 308 g/mol. The van der Waals surface area contributed by atoms with Gasteiger partial charge in [0.15, 0.2) is 0 Å². The van der Waals surface area contributed by atoms with Crippen molar-refractivity contribution in [2.75, 3.05) is 12.4 Å². The van der Waals surface area contributed by atoms with Gasteiger partial charge in [-0.1, -0.05) is 30.3 Å². The lowest BCUT2D eigenvalue weighted by atomic mass is 10.2. The summed E-state index contributed by atoms with van der Waals surface area (Å²) in [5.41, 5.74) is 1.58. The van der Waals surface area contributed by atoms with Crippen LogP contribution in [0.25, 0.3) is 0 Å². The summed E-state index contributed by atoms with van der Waals surface area (Å²) >= 11 is 0. The molecule has 116 valence electrons. The second kappa shape index (κ2) is 6.74. The predicted molar refractivity (Wildman–Crippen MR) is 86.5 cm³/mol. The van der Waals surface area contributed by atoms with Crippen LogP contribution in [0, 0.1) is 0 Å². The van der Waals surface area contributed by atoms with Gasteiger partial charge in [-0.25, -0.2) is 9.97 Å². The molecule has 0 saturated heterocycles. The maximum Gasteiger partial charge on any atom is 0.259 e. The predicted octanol–water partition coefficient (Wildman–Crippen LogP) is 2.59. The number of anilines is 1. The Kier molecular flexibility index (Phi) is 4.33. The number of carbonyl (C=O) groups excluding carboxylic acids is 1. The molecule has 23 heavy (non-hydrogen) atoms. The van der Waals surface area contributed by atoms with E-state index < -0.39 is 0 Å². The summed E-state index contributed by atoms with van der Waals surface area (Å²) in [7, 11) is 1.53. The van der Waals surface area contributed by atoms with Gasteiger partial charge in [0, 0.05) is 24.7 Å². The molecule has 1 N–H and O–H groups in total. The fraction of sp³-hybridized carbons (Fsp3) is 0.118. The van der Waals surface area contributed by atoms with Crippen molar-refractivity contribution >= 4 is 11.9 Å². The quantitative estimate of drug-likeness (QED) is 0.786. The van der Waals surface area contributed by atoms with Crippen molar-refractivity contribution in [3.8, 4) is 5.88 Å². The molecule has 0 bridgehead atoms. The Morgan fingerprint density at radius 3 is 2.70 bits per heavy atom. The number of aromatic nitrogens is 3. The van der Waals surface area contributed by atoms with Crippen molar-refractivity contribution < 1.29 is 9.53 Å². The Labute approximate surface area is 133 Å². The lowest BCUT2D eigenvalue weighted by Gasteiger charge is -2.09. The lowest BCUT2D eigenvalue weighted by Crippen LogP contribution is -2.16. The zero-order valence-corrected chi connectivity index (χ0v) is 12.6. The van der Waals surface area contributed by atoms with Crippen LogP contribution < -0.4 is 10.1 Å². The molecule has 0 fully saturated rings. The SMILES string of the molecule is COc1ccc(C(=O)Nc2nccn2Cc2ccccc2)cn1. The molecule has 3 rings (SSSR count). The van der Waals surface area contributed by atoms with E-state index in [0.717, 1.165) is 5.56 Å². The van der Waals surface area contributed by atoms with Gasteiger partial charge >= 0.3 is 0 Å². The molecule has 0 aliphatic heterocycles. The first-order valence-electron chi connectivity index (χ1n) is 7.13. The second-order valence-corrected chi connectivity index (χ2v) is 4.91. The van der Waals surface area contributed by atoms with Crippen molar-refractivity contribution in [2.24, 2.45) is 0 Å². The van der Waals surface area contributed by atoms with Gasteiger partial charge in [0.05, 0.1) is 19.2 Å². The topological polar surface area (TPSA) is 69.0 Å². The van der Waals surface area contributed by atoms with Gasteiger partial charge in [-0.05, 0) is 11.6 Å². The molecule has 0 spiro atoms. The van der Waals surface area contributed by atoms with Gasteiger partial charge in [-0.15, -0.1) is 0 Å². The number of hydrogen-bond acceptors (Lipinski definition) is 4. The fourth-order valence-corrected chi connectivity index (χ4v) is 2.15. The van der Waals surface area contributed by atoms with Crippen LogP contribution in [0.1, 0.15) is 15.9 Å². The molecule has 0 aliphatic rings. The Morgan fingerprint density at radius 2 is 2.00 bits per heavy atom. The van der Waals surface area contributed by atoms with E-state index in [1.807, 2.05) is 41.1 Å². The number of benzene rings is 1. The normalized spacial score (nSPS) is 10.3. The smallest absolute Gasteiger partial charge is 0.259 e. The standard InChI is InChI=1S/C17H16N4O2/c1-23-15-8-7-14(11-19-15)16(22)20-17-18-9-10-21(17)12-13-5-3-2-4-6-13/h2-11H,12H2,1H3,(H,18,20,22). The van der Waals surface area contributed by atoms with Crippen molar-refractivity contribution in [3.05, 3.63) is 72.2 Å².